The van der Waals surface area contributed by atoms with E-state index in [1.165, 1.54) is 55.6 Å². The molecule has 0 unspecified atom stereocenters. The number of anilines is 6. The van der Waals surface area contributed by atoms with E-state index < -0.39 is 5.41 Å². The van der Waals surface area contributed by atoms with Crippen LogP contribution in [0.2, 0.25) is 0 Å². The Morgan fingerprint density at radius 2 is 0.731 bits per heavy atom. The number of fused-ring (bicyclic) bond motifs is 11. The predicted molar refractivity (Wildman–Crippen MR) is 276 cm³/mol. The van der Waals surface area contributed by atoms with Gasteiger partial charge < -0.3 is 9.80 Å². The fourth-order valence-corrected chi connectivity index (χ4v) is 10.6. The maximum atomic E-state index is 9.77. The van der Waals surface area contributed by atoms with E-state index in [4.69, 9.17) is 0 Å². The standard InChI is InChI=1S/C63H50N4/c1-61(2,3)45-20-29-49(30-21-45)66(47-24-15-41(39-64)16-25-47)51-28-19-43-36-56-55-34-33-52(67(48-26-17-42(40-65)18-27-48)50-31-22-46(23-32-50)62(4,5)6)38-60(55)63(59(56)37-44(43)35-51)57-13-9-7-11-53(57)54-12-8-10-14-58(54)63/h7-38H,1-6H3. The summed E-state index contributed by atoms with van der Waals surface area (Å²) in [5.41, 5.74) is 19.4. The van der Waals surface area contributed by atoms with E-state index in [1.54, 1.807) is 0 Å². The zero-order valence-electron chi connectivity index (χ0n) is 38.8. The van der Waals surface area contributed by atoms with Crippen molar-refractivity contribution < 1.29 is 0 Å². The first-order valence-corrected chi connectivity index (χ1v) is 23.1. The van der Waals surface area contributed by atoms with Crippen LogP contribution in [0, 0.1) is 22.7 Å². The van der Waals surface area contributed by atoms with E-state index in [0.29, 0.717) is 11.1 Å². The summed E-state index contributed by atoms with van der Waals surface area (Å²) in [6.45, 7) is 13.5. The van der Waals surface area contributed by atoms with Crippen molar-refractivity contribution in [1.82, 2.24) is 0 Å². The van der Waals surface area contributed by atoms with Crippen molar-refractivity contribution in [2.45, 2.75) is 57.8 Å². The van der Waals surface area contributed by atoms with E-state index in [0.717, 1.165) is 44.9 Å². The molecule has 4 nitrogen and oxygen atoms in total. The third kappa shape index (κ3) is 6.71. The fraction of sp³-hybridized carbons (Fsp3) is 0.143. The topological polar surface area (TPSA) is 54.1 Å². The molecule has 0 fully saturated rings. The van der Waals surface area contributed by atoms with E-state index >= 15 is 0 Å². The van der Waals surface area contributed by atoms with Crippen molar-refractivity contribution in [3.05, 3.63) is 239 Å². The van der Waals surface area contributed by atoms with Crippen LogP contribution in [0.15, 0.2) is 194 Å². The van der Waals surface area contributed by atoms with Gasteiger partial charge in [-0.1, -0.05) is 126 Å². The Kier molecular flexibility index (Phi) is 9.59. The zero-order valence-corrected chi connectivity index (χ0v) is 38.8. The highest BCUT2D eigenvalue weighted by molar-refractivity contribution is 6.02. The molecule has 1 spiro atoms. The lowest BCUT2D eigenvalue weighted by atomic mass is 9.70. The molecule has 0 amide bonds. The monoisotopic (exact) mass is 862 g/mol. The van der Waals surface area contributed by atoms with Crippen molar-refractivity contribution in [3.63, 3.8) is 0 Å². The van der Waals surface area contributed by atoms with Crippen molar-refractivity contribution in [1.29, 1.82) is 10.5 Å². The lowest BCUT2D eigenvalue weighted by Gasteiger charge is -2.32. The third-order valence-electron chi connectivity index (χ3n) is 14.0. The Hall–Kier alpha value is -8.18. The van der Waals surface area contributed by atoms with Crippen molar-refractivity contribution in [2.24, 2.45) is 0 Å². The molecule has 9 aromatic carbocycles. The first-order valence-electron chi connectivity index (χ1n) is 23.1. The Bertz CT molecular complexity index is 3430. The predicted octanol–water partition coefficient (Wildman–Crippen LogP) is 16.5. The van der Waals surface area contributed by atoms with Gasteiger partial charge in [-0.15, -0.1) is 0 Å². The normalized spacial score (nSPS) is 13.0. The minimum absolute atomic E-state index is 0.0106. The van der Waals surface area contributed by atoms with Gasteiger partial charge in [0, 0.05) is 34.1 Å². The molecule has 0 saturated carbocycles. The summed E-state index contributed by atoms with van der Waals surface area (Å²) in [5.74, 6) is 0. The van der Waals surface area contributed by atoms with Gasteiger partial charge in [-0.3, -0.25) is 0 Å². The van der Waals surface area contributed by atoms with Gasteiger partial charge in [-0.2, -0.15) is 10.5 Å². The molecule has 67 heavy (non-hydrogen) atoms. The molecule has 0 N–H and O–H groups in total. The van der Waals surface area contributed by atoms with E-state index in [2.05, 4.69) is 221 Å². The number of rotatable bonds is 6. The molecule has 2 aliphatic carbocycles. The molecule has 0 heterocycles. The first-order chi connectivity index (χ1) is 32.4. The quantitative estimate of drug-likeness (QED) is 0.167. The maximum Gasteiger partial charge on any atom is 0.0991 e. The highest BCUT2D eigenvalue weighted by Gasteiger charge is 2.52. The molecular formula is C63H50N4. The molecule has 0 bridgehead atoms. The largest absolute Gasteiger partial charge is 0.310 e. The molecule has 2 aliphatic rings. The molecule has 0 aromatic heterocycles. The van der Waals surface area contributed by atoms with Crippen LogP contribution in [0.5, 0.6) is 0 Å². The average Bonchev–Trinajstić information content (AvgIpc) is 3.80. The smallest absolute Gasteiger partial charge is 0.0991 e. The van der Waals surface area contributed by atoms with Crippen LogP contribution in [0.1, 0.15) is 86.1 Å². The lowest BCUT2D eigenvalue weighted by Crippen LogP contribution is -2.26. The summed E-state index contributed by atoms with van der Waals surface area (Å²) < 4.78 is 0. The molecule has 0 radical (unpaired) electrons. The zero-order chi connectivity index (χ0) is 46.2. The van der Waals surface area contributed by atoms with Crippen LogP contribution in [0.4, 0.5) is 34.1 Å². The van der Waals surface area contributed by atoms with Crippen LogP contribution in [0.3, 0.4) is 0 Å². The number of hydrogen-bond donors (Lipinski definition) is 0. The molecule has 4 heteroatoms. The Balaban J connectivity index is 1.13. The molecule has 0 atom stereocenters. The van der Waals surface area contributed by atoms with Gasteiger partial charge in [-0.05, 0) is 186 Å². The van der Waals surface area contributed by atoms with Crippen LogP contribution < -0.4 is 9.80 Å². The first kappa shape index (κ1) is 41.5. The van der Waals surface area contributed by atoms with Gasteiger partial charge in [0.15, 0.2) is 0 Å². The Labute approximate surface area is 394 Å². The highest BCUT2D eigenvalue weighted by Crippen LogP contribution is 2.64. The van der Waals surface area contributed by atoms with Crippen molar-refractivity contribution in [2.75, 3.05) is 9.80 Å². The van der Waals surface area contributed by atoms with E-state index in [1.807, 2.05) is 36.4 Å². The van der Waals surface area contributed by atoms with Crippen LogP contribution >= 0.6 is 0 Å². The van der Waals surface area contributed by atoms with E-state index in [9.17, 15) is 10.5 Å². The minimum atomic E-state index is -0.597. The molecular weight excluding hydrogens is 813 g/mol. The van der Waals surface area contributed by atoms with Gasteiger partial charge >= 0.3 is 0 Å². The lowest BCUT2D eigenvalue weighted by molar-refractivity contribution is 0.590. The van der Waals surface area contributed by atoms with Crippen molar-refractivity contribution >= 4 is 44.9 Å². The van der Waals surface area contributed by atoms with Crippen LogP contribution in [-0.4, -0.2) is 0 Å². The summed E-state index contributed by atoms with van der Waals surface area (Å²) in [7, 11) is 0. The second-order valence-corrected chi connectivity index (χ2v) is 20.1. The summed E-state index contributed by atoms with van der Waals surface area (Å²) >= 11 is 0. The average molecular weight is 863 g/mol. The Morgan fingerprint density at radius 1 is 0.343 bits per heavy atom. The number of benzene rings is 9. The SMILES string of the molecule is CC(C)(C)c1ccc(N(c2ccc(C#N)cc2)c2ccc3c(c2)C2(c4ccccc4-c4ccccc42)c2cc4cc(N(c5ccc(C#N)cc5)c5ccc(C(C)(C)C)cc5)ccc4cc2-3)cc1. The Morgan fingerprint density at radius 3 is 1.19 bits per heavy atom. The molecule has 11 rings (SSSR count). The van der Waals surface area contributed by atoms with E-state index in [-0.39, 0.29) is 10.8 Å². The molecule has 9 aromatic rings. The van der Waals surface area contributed by atoms with Crippen LogP contribution in [0.25, 0.3) is 33.0 Å². The third-order valence-corrected chi connectivity index (χ3v) is 14.0. The summed E-state index contributed by atoms with van der Waals surface area (Å²) in [5, 5.41) is 21.8. The molecule has 0 aliphatic heterocycles. The van der Waals surface area contributed by atoms with Crippen LogP contribution in [-0.2, 0) is 16.2 Å². The summed E-state index contributed by atoms with van der Waals surface area (Å²) in [6, 6.07) is 74.8. The number of nitriles is 2. The van der Waals surface area contributed by atoms with Gasteiger partial charge in [-0.25, -0.2) is 0 Å². The highest BCUT2D eigenvalue weighted by atomic mass is 15.1. The summed E-state index contributed by atoms with van der Waals surface area (Å²) in [6.07, 6.45) is 0. The minimum Gasteiger partial charge on any atom is -0.310 e. The maximum absolute atomic E-state index is 9.77. The molecule has 322 valence electrons. The second kappa shape index (κ2) is 15.5. The summed E-state index contributed by atoms with van der Waals surface area (Å²) in [4.78, 5) is 4.62. The van der Waals surface area contributed by atoms with Gasteiger partial charge in [0.2, 0.25) is 0 Å². The fourth-order valence-electron chi connectivity index (χ4n) is 10.6. The van der Waals surface area contributed by atoms with Crippen molar-refractivity contribution in [3.8, 4) is 34.4 Å². The van der Waals surface area contributed by atoms with Gasteiger partial charge in [0.25, 0.3) is 0 Å². The van der Waals surface area contributed by atoms with Gasteiger partial charge in [0.05, 0.1) is 28.7 Å². The second-order valence-electron chi connectivity index (χ2n) is 20.1. The number of hydrogen-bond acceptors (Lipinski definition) is 4. The van der Waals surface area contributed by atoms with Gasteiger partial charge in [0.1, 0.15) is 0 Å². The molecule has 0 saturated heterocycles. The number of nitrogens with zero attached hydrogens (tertiary/aromatic N) is 4.